The molecule has 1 fully saturated rings. The van der Waals surface area contributed by atoms with Crippen LogP contribution >= 0.6 is 0 Å². The van der Waals surface area contributed by atoms with Crippen molar-refractivity contribution in [2.75, 3.05) is 18.0 Å². The lowest BCUT2D eigenvalue weighted by molar-refractivity contribution is 0.0696. The molecule has 0 atom stereocenters. The molecule has 6 nitrogen and oxygen atoms in total. The normalized spacial score (nSPS) is 14.7. The van der Waals surface area contributed by atoms with Crippen molar-refractivity contribution in [3.05, 3.63) is 59.2 Å². The fourth-order valence-corrected chi connectivity index (χ4v) is 4.04. The van der Waals surface area contributed by atoms with Crippen LogP contribution in [0.25, 0.3) is 0 Å². The van der Waals surface area contributed by atoms with E-state index >= 15 is 0 Å². The van der Waals surface area contributed by atoms with Crippen molar-refractivity contribution in [3.63, 3.8) is 0 Å². The smallest absolute Gasteiger partial charge is 0.335 e. The molecule has 1 aliphatic rings. The summed E-state index contributed by atoms with van der Waals surface area (Å²) in [6, 6.07) is 12.2. The van der Waals surface area contributed by atoms with E-state index in [0.29, 0.717) is 17.7 Å². The van der Waals surface area contributed by atoms with E-state index in [0.717, 1.165) is 37.6 Å². The number of benzene rings is 2. The van der Waals surface area contributed by atoms with Gasteiger partial charge in [0.25, 0.3) is 0 Å². The van der Waals surface area contributed by atoms with E-state index < -0.39 is 16.0 Å². The second-order valence-electron chi connectivity index (χ2n) is 6.18. The van der Waals surface area contributed by atoms with Crippen molar-refractivity contribution < 1.29 is 18.3 Å². The molecule has 25 heavy (non-hydrogen) atoms. The van der Waals surface area contributed by atoms with Gasteiger partial charge in [0.2, 0.25) is 10.0 Å². The van der Waals surface area contributed by atoms with Gasteiger partial charge < -0.3 is 10.0 Å². The zero-order chi connectivity index (χ0) is 18.0. The average molecular weight is 360 g/mol. The Morgan fingerprint density at radius 1 is 1.12 bits per heavy atom. The van der Waals surface area contributed by atoms with E-state index in [9.17, 15) is 18.3 Å². The van der Waals surface area contributed by atoms with Gasteiger partial charge in [-0.25, -0.2) is 18.4 Å². The number of nitrogens with two attached hydrogens (primary N) is 1. The van der Waals surface area contributed by atoms with E-state index in [-0.39, 0.29) is 10.5 Å². The van der Waals surface area contributed by atoms with Crippen molar-refractivity contribution in [1.82, 2.24) is 0 Å². The molecule has 0 saturated carbocycles. The second-order valence-corrected chi connectivity index (χ2v) is 7.71. The molecular formula is C18H20N2O4S. The van der Waals surface area contributed by atoms with Crippen LogP contribution in [0.1, 0.15) is 34.3 Å². The largest absolute Gasteiger partial charge is 0.478 e. The van der Waals surface area contributed by atoms with Gasteiger partial charge in [0.05, 0.1) is 10.5 Å². The molecule has 0 unspecified atom stereocenters. The molecule has 0 radical (unpaired) electrons. The molecule has 3 rings (SSSR count). The first-order valence-corrected chi connectivity index (χ1v) is 9.63. The maximum Gasteiger partial charge on any atom is 0.335 e. The minimum atomic E-state index is -4.05. The third-order valence-electron chi connectivity index (χ3n) is 4.41. The number of aromatic carboxylic acids is 1. The summed E-state index contributed by atoms with van der Waals surface area (Å²) in [5.74, 6) is -1.17. The molecule has 2 aromatic carbocycles. The Bertz CT molecular complexity index is 889. The lowest BCUT2D eigenvalue weighted by Crippen LogP contribution is -2.23. The number of rotatable bonds is 5. The lowest BCUT2D eigenvalue weighted by atomic mass is 10.0. The van der Waals surface area contributed by atoms with Gasteiger partial charge >= 0.3 is 5.97 Å². The van der Waals surface area contributed by atoms with Gasteiger partial charge in [-0.3, -0.25) is 0 Å². The molecule has 0 aromatic heterocycles. The number of anilines is 1. The van der Waals surface area contributed by atoms with Crippen LogP contribution in [0, 0.1) is 0 Å². The third-order valence-corrected chi connectivity index (χ3v) is 5.39. The zero-order valence-corrected chi connectivity index (χ0v) is 14.5. The summed E-state index contributed by atoms with van der Waals surface area (Å²) in [6.45, 7) is 1.55. The van der Waals surface area contributed by atoms with E-state index in [4.69, 9.17) is 5.14 Å². The Morgan fingerprint density at radius 3 is 2.32 bits per heavy atom. The van der Waals surface area contributed by atoms with Crippen LogP contribution < -0.4 is 10.0 Å². The zero-order valence-electron chi connectivity index (χ0n) is 13.7. The Labute approximate surface area is 146 Å². The Kier molecular flexibility index (Phi) is 4.78. The van der Waals surface area contributed by atoms with Gasteiger partial charge in [-0.2, -0.15) is 0 Å². The number of carboxylic acid groups (broad SMARTS) is 1. The average Bonchev–Trinajstić information content (AvgIpc) is 3.09. The molecule has 2 aromatic rings. The molecule has 0 amide bonds. The minimum Gasteiger partial charge on any atom is -0.478 e. The number of hydrogen-bond donors (Lipinski definition) is 2. The van der Waals surface area contributed by atoms with Crippen molar-refractivity contribution in [1.29, 1.82) is 0 Å². The van der Waals surface area contributed by atoms with Gasteiger partial charge in [0.15, 0.2) is 0 Å². The number of carbonyl (C=O) groups is 1. The van der Waals surface area contributed by atoms with Crippen molar-refractivity contribution >= 4 is 21.7 Å². The highest BCUT2D eigenvalue weighted by atomic mass is 32.2. The monoisotopic (exact) mass is 360 g/mol. The molecule has 1 saturated heterocycles. The first kappa shape index (κ1) is 17.4. The highest BCUT2D eigenvalue weighted by molar-refractivity contribution is 7.89. The Balaban J connectivity index is 2.22. The molecule has 0 aliphatic carbocycles. The summed E-state index contributed by atoms with van der Waals surface area (Å²) in [7, 11) is -4.05. The quantitative estimate of drug-likeness (QED) is 0.851. The summed E-state index contributed by atoms with van der Waals surface area (Å²) in [6.07, 6.45) is 2.36. The van der Waals surface area contributed by atoms with Crippen LogP contribution in [0.3, 0.4) is 0 Å². The van der Waals surface area contributed by atoms with E-state index in [1.807, 2.05) is 35.2 Å². The number of hydrogen-bond acceptors (Lipinski definition) is 4. The van der Waals surface area contributed by atoms with Crippen molar-refractivity contribution in [2.45, 2.75) is 24.2 Å². The van der Waals surface area contributed by atoms with Gasteiger partial charge in [-0.1, -0.05) is 30.3 Å². The Morgan fingerprint density at radius 2 is 1.76 bits per heavy atom. The molecule has 7 heteroatoms. The molecule has 0 bridgehead atoms. The van der Waals surface area contributed by atoms with E-state index in [2.05, 4.69) is 0 Å². The van der Waals surface area contributed by atoms with Crippen LogP contribution in [-0.4, -0.2) is 32.6 Å². The molecule has 1 aliphatic heterocycles. The van der Waals surface area contributed by atoms with Gasteiger partial charge in [0, 0.05) is 25.2 Å². The predicted molar refractivity (Wildman–Crippen MR) is 95.5 cm³/mol. The number of primary sulfonamides is 1. The van der Waals surface area contributed by atoms with Crippen LogP contribution in [0.5, 0.6) is 0 Å². The highest BCUT2D eigenvalue weighted by Gasteiger charge is 2.25. The molecule has 1 heterocycles. The molecule has 0 spiro atoms. The minimum absolute atomic E-state index is 0.0669. The van der Waals surface area contributed by atoms with Crippen LogP contribution in [0.15, 0.2) is 47.4 Å². The van der Waals surface area contributed by atoms with E-state index in [1.54, 1.807) is 6.07 Å². The number of carboxylic acids is 1. The van der Waals surface area contributed by atoms with E-state index in [1.165, 1.54) is 0 Å². The van der Waals surface area contributed by atoms with Crippen LogP contribution in [0.4, 0.5) is 5.69 Å². The van der Waals surface area contributed by atoms with Crippen molar-refractivity contribution in [3.8, 4) is 0 Å². The highest BCUT2D eigenvalue weighted by Crippen LogP contribution is 2.33. The summed E-state index contributed by atoms with van der Waals surface area (Å²) >= 11 is 0. The maximum atomic E-state index is 12.2. The first-order valence-electron chi connectivity index (χ1n) is 8.08. The summed E-state index contributed by atoms with van der Waals surface area (Å²) < 4.78 is 24.3. The second kappa shape index (κ2) is 6.85. The Hall–Kier alpha value is -2.38. The third kappa shape index (κ3) is 3.83. The van der Waals surface area contributed by atoms with Crippen LogP contribution in [0.2, 0.25) is 0 Å². The topological polar surface area (TPSA) is 101 Å². The van der Waals surface area contributed by atoms with Gasteiger partial charge in [-0.05, 0) is 36.1 Å². The fraction of sp³-hybridized carbons (Fsp3) is 0.278. The predicted octanol–water partition coefficient (Wildman–Crippen LogP) is 2.22. The molecule has 132 valence electrons. The SMILES string of the molecule is NS(=O)(=O)c1cc(C(=O)O)cc(N2CCCC2)c1Cc1ccccc1. The lowest BCUT2D eigenvalue weighted by Gasteiger charge is -2.24. The van der Waals surface area contributed by atoms with Gasteiger partial charge in [-0.15, -0.1) is 0 Å². The standard InChI is InChI=1S/C18H20N2O4S/c19-25(23,24)17-12-14(18(21)22)11-16(20-8-4-5-9-20)15(17)10-13-6-2-1-3-7-13/h1-3,6-7,11-12H,4-5,8-10H2,(H,21,22)(H2,19,23,24). The summed E-state index contributed by atoms with van der Waals surface area (Å²) in [4.78, 5) is 13.4. The first-order chi connectivity index (χ1) is 11.9. The molecule has 3 N–H and O–H groups in total. The fourth-order valence-electron chi connectivity index (χ4n) is 3.23. The maximum absolute atomic E-state index is 12.2. The number of sulfonamides is 1. The summed E-state index contributed by atoms with van der Waals surface area (Å²) in [5.41, 5.74) is 2.07. The number of nitrogens with zero attached hydrogens (tertiary/aromatic N) is 1. The van der Waals surface area contributed by atoms with Gasteiger partial charge in [0.1, 0.15) is 0 Å². The molecular weight excluding hydrogens is 340 g/mol. The van der Waals surface area contributed by atoms with Crippen LogP contribution in [-0.2, 0) is 16.4 Å². The summed E-state index contributed by atoms with van der Waals surface area (Å²) in [5, 5.41) is 14.8. The van der Waals surface area contributed by atoms with Crippen molar-refractivity contribution in [2.24, 2.45) is 5.14 Å².